The average Bonchev–Trinajstić information content (AvgIpc) is 3.79. The van der Waals surface area contributed by atoms with E-state index in [0.717, 1.165) is 33.5 Å². The van der Waals surface area contributed by atoms with Crippen LogP contribution in [0.2, 0.25) is 0 Å². The molecule has 44 heavy (non-hydrogen) atoms. The Bertz CT molecular complexity index is 1820. The molecule has 1 unspecified atom stereocenters. The van der Waals surface area contributed by atoms with Crippen LogP contribution in [0.25, 0.3) is 10.5 Å². The summed E-state index contributed by atoms with van der Waals surface area (Å²) in [7, 11) is 0. The highest BCUT2D eigenvalue weighted by Crippen LogP contribution is 2.34. The molecule has 1 amide bonds. The molecule has 0 bridgehead atoms. The maximum Gasteiger partial charge on any atom is 0.274 e. The zero-order chi connectivity index (χ0) is 30.5. The number of hydrogen-bond donors (Lipinski definition) is 2. The van der Waals surface area contributed by atoms with Crippen LogP contribution in [0.1, 0.15) is 51.8 Å². The van der Waals surface area contributed by atoms with Crippen LogP contribution in [0.5, 0.6) is 5.75 Å². The zero-order valence-electron chi connectivity index (χ0n) is 24.3. The number of halogens is 1. The fourth-order valence-corrected chi connectivity index (χ4v) is 5.64. The van der Waals surface area contributed by atoms with Gasteiger partial charge in [-0.25, -0.2) is 9.53 Å². The lowest BCUT2D eigenvalue weighted by Gasteiger charge is -2.22. The first kappa shape index (κ1) is 29.4. The summed E-state index contributed by atoms with van der Waals surface area (Å²) in [6, 6.07) is 33.0. The Hall–Kier alpha value is -4.71. The number of carbonyl (C=O) groups is 1. The van der Waals surface area contributed by atoms with Gasteiger partial charge in [-0.1, -0.05) is 60.7 Å². The van der Waals surface area contributed by atoms with Crippen molar-refractivity contribution in [3.8, 4) is 11.4 Å². The van der Waals surface area contributed by atoms with Crippen molar-refractivity contribution < 1.29 is 9.53 Å². The van der Waals surface area contributed by atoms with Crippen LogP contribution in [0.4, 0.5) is 11.4 Å². The predicted molar refractivity (Wildman–Crippen MR) is 176 cm³/mol. The fraction of sp³-hybridized carbons (Fsp3) is 0.194. The second-order valence-corrected chi connectivity index (χ2v) is 11.9. The van der Waals surface area contributed by atoms with Gasteiger partial charge in [0, 0.05) is 5.69 Å². The number of ether oxygens (including phenoxy) is 1. The topological polar surface area (TPSA) is 72.5 Å². The first-order chi connectivity index (χ1) is 21.5. The van der Waals surface area contributed by atoms with Crippen LogP contribution in [0, 0.1) is 19.4 Å². The number of anilines is 1. The molecule has 0 aliphatic heterocycles. The average molecular weight is 647 g/mol. The lowest BCUT2D eigenvalue weighted by atomic mass is 9.97. The van der Waals surface area contributed by atoms with Crippen LogP contribution in [0.15, 0.2) is 108 Å². The van der Waals surface area contributed by atoms with Gasteiger partial charge in [-0.3, -0.25) is 4.79 Å². The number of rotatable bonds is 11. The molecule has 5 aromatic rings. The summed E-state index contributed by atoms with van der Waals surface area (Å²) in [5.41, 5.74) is 6.20. The highest BCUT2D eigenvalue weighted by atomic mass is 79.9. The standard InChI is InChI=1S/C36H32BrN5O2/c1-24-18-33(42(41-24)31-13-7-11-29(21-31)38-2)36(43)40-30-12-6-10-27(19-30)35(39-22-25-14-15-25)28-16-17-34(32(37)20-28)44-23-26-8-4-3-5-9-26/h3-13,16-21,25,35,39H,14-15,22-23H2,1H3,(H,40,43). The molecule has 1 aliphatic rings. The molecule has 0 saturated heterocycles. The third-order valence-corrected chi connectivity index (χ3v) is 8.20. The molecule has 1 heterocycles. The maximum atomic E-state index is 13.5. The van der Waals surface area contributed by atoms with E-state index in [0.29, 0.717) is 41.0 Å². The Labute approximate surface area is 265 Å². The van der Waals surface area contributed by atoms with Crippen LogP contribution < -0.4 is 15.4 Å². The number of amides is 1. The van der Waals surface area contributed by atoms with Gasteiger partial charge < -0.3 is 15.4 Å². The van der Waals surface area contributed by atoms with Crippen molar-refractivity contribution in [3.63, 3.8) is 0 Å². The molecule has 2 N–H and O–H groups in total. The largest absolute Gasteiger partial charge is 0.488 e. The molecule has 1 fully saturated rings. The van der Waals surface area contributed by atoms with Gasteiger partial charge in [0.25, 0.3) is 5.91 Å². The van der Waals surface area contributed by atoms with E-state index < -0.39 is 0 Å². The van der Waals surface area contributed by atoms with Crippen LogP contribution in [-0.2, 0) is 6.61 Å². The summed E-state index contributed by atoms with van der Waals surface area (Å²) in [6.45, 7) is 10.6. The molecule has 8 heteroatoms. The zero-order valence-corrected chi connectivity index (χ0v) is 25.9. The molecule has 1 aromatic heterocycles. The van der Waals surface area contributed by atoms with Crippen molar-refractivity contribution in [3.05, 3.63) is 147 Å². The van der Waals surface area contributed by atoms with E-state index in [2.05, 4.69) is 54.7 Å². The number of hydrogen-bond acceptors (Lipinski definition) is 4. The second-order valence-electron chi connectivity index (χ2n) is 11.0. The summed E-state index contributed by atoms with van der Waals surface area (Å²) in [4.78, 5) is 17.0. The maximum absolute atomic E-state index is 13.5. The Morgan fingerprint density at radius 1 is 1.00 bits per heavy atom. The lowest BCUT2D eigenvalue weighted by molar-refractivity contribution is 0.101. The van der Waals surface area contributed by atoms with Gasteiger partial charge in [0.2, 0.25) is 0 Å². The van der Waals surface area contributed by atoms with E-state index in [9.17, 15) is 4.79 Å². The summed E-state index contributed by atoms with van der Waals surface area (Å²) in [6.07, 6.45) is 2.50. The number of carbonyl (C=O) groups excluding carboxylic acids is 1. The van der Waals surface area contributed by atoms with Gasteiger partial charge >= 0.3 is 0 Å². The van der Waals surface area contributed by atoms with Crippen molar-refractivity contribution in [1.82, 2.24) is 15.1 Å². The van der Waals surface area contributed by atoms with Gasteiger partial charge in [0.1, 0.15) is 18.1 Å². The molecule has 0 spiro atoms. The Kier molecular flexibility index (Phi) is 8.87. The highest BCUT2D eigenvalue weighted by molar-refractivity contribution is 9.10. The monoisotopic (exact) mass is 645 g/mol. The minimum absolute atomic E-state index is 0.0731. The molecular formula is C36H32BrN5O2. The fourth-order valence-electron chi connectivity index (χ4n) is 5.13. The van der Waals surface area contributed by atoms with E-state index >= 15 is 0 Å². The summed E-state index contributed by atoms with van der Waals surface area (Å²) in [5, 5.41) is 11.4. The van der Waals surface area contributed by atoms with Crippen LogP contribution in [-0.4, -0.2) is 22.2 Å². The number of nitrogens with one attached hydrogen (secondary N) is 2. The van der Waals surface area contributed by atoms with E-state index in [1.165, 1.54) is 12.8 Å². The summed E-state index contributed by atoms with van der Waals surface area (Å²) in [5.74, 6) is 1.21. The first-order valence-electron chi connectivity index (χ1n) is 14.6. The van der Waals surface area contributed by atoms with Crippen LogP contribution >= 0.6 is 15.9 Å². The normalized spacial score (nSPS) is 13.2. The first-order valence-corrected chi connectivity index (χ1v) is 15.4. The molecule has 1 atom stereocenters. The van der Waals surface area contributed by atoms with Crippen molar-refractivity contribution in [2.75, 3.05) is 11.9 Å². The molecular weight excluding hydrogens is 614 g/mol. The molecule has 1 saturated carbocycles. The van der Waals surface area contributed by atoms with Crippen molar-refractivity contribution >= 4 is 33.2 Å². The van der Waals surface area contributed by atoms with Crippen molar-refractivity contribution in [2.45, 2.75) is 32.4 Å². The van der Waals surface area contributed by atoms with E-state index in [-0.39, 0.29) is 11.9 Å². The number of aryl methyl sites for hydroxylation is 1. The second kappa shape index (κ2) is 13.3. The minimum Gasteiger partial charge on any atom is -0.488 e. The van der Waals surface area contributed by atoms with Gasteiger partial charge in [-0.05, 0) is 107 Å². The minimum atomic E-state index is -0.277. The molecule has 4 aromatic carbocycles. The van der Waals surface area contributed by atoms with E-state index in [1.807, 2.05) is 67.6 Å². The Balaban J connectivity index is 1.23. The van der Waals surface area contributed by atoms with Gasteiger partial charge in [0.15, 0.2) is 5.69 Å². The molecule has 7 nitrogen and oxygen atoms in total. The lowest BCUT2D eigenvalue weighted by Crippen LogP contribution is -2.25. The van der Waals surface area contributed by atoms with Crippen molar-refractivity contribution in [1.29, 1.82) is 0 Å². The van der Waals surface area contributed by atoms with Crippen LogP contribution in [0.3, 0.4) is 0 Å². The van der Waals surface area contributed by atoms with Gasteiger partial charge in [-0.2, -0.15) is 5.10 Å². The predicted octanol–water partition coefficient (Wildman–Crippen LogP) is 8.41. The summed E-state index contributed by atoms with van der Waals surface area (Å²) >= 11 is 3.73. The van der Waals surface area contributed by atoms with E-state index in [4.69, 9.17) is 11.3 Å². The van der Waals surface area contributed by atoms with Crippen molar-refractivity contribution in [2.24, 2.45) is 5.92 Å². The van der Waals surface area contributed by atoms with E-state index in [1.54, 1.807) is 28.9 Å². The number of nitrogens with zero attached hydrogens (tertiary/aromatic N) is 3. The smallest absolute Gasteiger partial charge is 0.274 e. The molecule has 0 radical (unpaired) electrons. The SMILES string of the molecule is [C-]#[N+]c1cccc(-n2nc(C)cc2C(=O)Nc2cccc(C(NCC3CC3)c3ccc(OCc4ccccc4)c(Br)c3)c2)c1. The Morgan fingerprint density at radius 3 is 2.57 bits per heavy atom. The molecule has 6 rings (SSSR count). The van der Waals surface area contributed by atoms with Gasteiger partial charge in [-0.15, -0.1) is 0 Å². The quantitative estimate of drug-likeness (QED) is 0.141. The van der Waals surface area contributed by atoms with Gasteiger partial charge in [0.05, 0.1) is 28.5 Å². The molecule has 1 aliphatic carbocycles. The number of benzene rings is 4. The highest BCUT2D eigenvalue weighted by Gasteiger charge is 2.24. The Morgan fingerprint density at radius 2 is 1.80 bits per heavy atom. The summed E-state index contributed by atoms with van der Waals surface area (Å²) < 4.78 is 8.57. The third-order valence-electron chi connectivity index (χ3n) is 7.58. The third kappa shape index (κ3) is 7.08. The molecule has 220 valence electrons. The number of aromatic nitrogens is 2.